The standard InChI is InChI=1S/C13H22N4O2/c1-9(2)3-14-4-10-5-15-13(16-6-10)17-7-11(18)12(19)8-17/h5-6,9,11-12,14,18-19H,3-4,7-8H2,1-2H3. The minimum absolute atomic E-state index is 0.381. The van der Waals surface area contributed by atoms with Gasteiger partial charge in [-0.2, -0.15) is 0 Å². The molecule has 0 aliphatic carbocycles. The summed E-state index contributed by atoms with van der Waals surface area (Å²) in [4.78, 5) is 10.4. The smallest absolute Gasteiger partial charge is 0.225 e. The number of aliphatic hydroxyl groups excluding tert-OH is 2. The third-order valence-corrected chi connectivity index (χ3v) is 3.12. The Labute approximate surface area is 113 Å². The van der Waals surface area contributed by atoms with Crippen LogP contribution in [-0.2, 0) is 6.54 Å². The third kappa shape index (κ3) is 3.86. The highest BCUT2D eigenvalue weighted by atomic mass is 16.3. The fourth-order valence-electron chi connectivity index (χ4n) is 2.04. The summed E-state index contributed by atoms with van der Waals surface area (Å²) in [7, 11) is 0. The number of hydrogen-bond donors (Lipinski definition) is 3. The average molecular weight is 266 g/mol. The summed E-state index contributed by atoms with van der Waals surface area (Å²) in [5.41, 5.74) is 1.03. The number of anilines is 1. The molecule has 3 N–H and O–H groups in total. The molecule has 1 aliphatic rings. The van der Waals surface area contributed by atoms with Crippen LogP contribution in [0.1, 0.15) is 19.4 Å². The second-order valence-electron chi connectivity index (χ2n) is 5.46. The van der Waals surface area contributed by atoms with E-state index >= 15 is 0 Å². The van der Waals surface area contributed by atoms with Crippen molar-refractivity contribution in [3.63, 3.8) is 0 Å². The van der Waals surface area contributed by atoms with E-state index in [0.29, 0.717) is 25.0 Å². The van der Waals surface area contributed by atoms with Crippen LogP contribution >= 0.6 is 0 Å². The fourth-order valence-corrected chi connectivity index (χ4v) is 2.04. The molecule has 1 fully saturated rings. The molecule has 6 nitrogen and oxygen atoms in total. The second kappa shape index (κ2) is 6.27. The van der Waals surface area contributed by atoms with Gasteiger partial charge in [-0.15, -0.1) is 0 Å². The zero-order valence-corrected chi connectivity index (χ0v) is 11.5. The van der Waals surface area contributed by atoms with Crippen LogP contribution in [0.3, 0.4) is 0 Å². The Kier molecular flexibility index (Phi) is 4.68. The molecule has 0 radical (unpaired) electrons. The van der Waals surface area contributed by atoms with E-state index in [4.69, 9.17) is 0 Å². The monoisotopic (exact) mass is 266 g/mol. The lowest BCUT2D eigenvalue weighted by atomic mass is 10.2. The number of nitrogens with zero attached hydrogens (tertiary/aromatic N) is 3. The van der Waals surface area contributed by atoms with Crippen LogP contribution in [0.25, 0.3) is 0 Å². The molecular weight excluding hydrogens is 244 g/mol. The van der Waals surface area contributed by atoms with Gasteiger partial charge >= 0.3 is 0 Å². The van der Waals surface area contributed by atoms with Gasteiger partial charge in [0.1, 0.15) is 0 Å². The van der Waals surface area contributed by atoms with Crippen LogP contribution in [0.5, 0.6) is 0 Å². The Hall–Kier alpha value is -1.24. The number of hydrogen-bond acceptors (Lipinski definition) is 6. The highest BCUT2D eigenvalue weighted by Crippen LogP contribution is 2.16. The molecule has 2 heterocycles. The normalized spacial score (nSPS) is 23.3. The zero-order chi connectivity index (χ0) is 13.8. The largest absolute Gasteiger partial charge is 0.388 e. The fraction of sp³-hybridized carbons (Fsp3) is 0.692. The van der Waals surface area contributed by atoms with Crippen LogP contribution in [0.2, 0.25) is 0 Å². The molecule has 0 amide bonds. The van der Waals surface area contributed by atoms with Crippen molar-refractivity contribution in [2.45, 2.75) is 32.6 Å². The molecule has 2 rings (SSSR count). The molecule has 0 saturated carbocycles. The molecule has 1 saturated heterocycles. The molecular formula is C13H22N4O2. The summed E-state index contributed by atoms with van der Waals surface area (Å²) >= 11 is 0. The molecule has 19 heavy (non-hydrogen) atoms. The van der Waals surface area contributed by atoms with Gasteiger partial charge in [0.2, 0.25) is 5.95 Å². The van der Waals surface area contributed by atoms with Crippen molar-refractivity contribution in [1.29, 1.82) is 0 Å². The number of aromatic nitrogens is 2. The summed E-state index contributed by atoms with van der Waals surface area (Å²) in [5.74, 6) is 1.18. The van der Waals surface area contributed by atoms with E-state index in [2.05, 4.69) is 29.1 Å². The molecule has 2 unspecified atom stereocenters. The highest BCUT2D eigenvalue weighted by Gasteiger charge is 2.30. The van der Waals surface area contributed by atoms with Crippen molar-refractivity contribution in [1.82, 2.24) is 15.3 Å². The Morgan fingerprint density at radius 2 is 1.84 bits per heavy atom. The van der Waals surface area contributed by atoms with Gasteiger partial charge in [-0.05, 0) is 12.5 Å². The van der Waals surface area contributed by atoms with Gasteiger partial charge in [0.25, 0.3) is 0 Å². The number of aliphatic hydroxyl groups is 2. The van der Waals surface area contributed by atoms with Gasteiger partial charge in [-0.1, -0.05) is 13.8 Å². The predicted octanol–water partition coefficient (Wildman–Crippen LogP) is -0.236. The lowest BCUT2D eigenvalue weighted by molar-refractivity contribution is 0.0572. The summed E-state index contributed by atoms with van der Waals surface area (Å²) < 4.78 is 0. The number of rotatable bonds is 5. The van der Waals surface area contributed by atoms with Gasteiger partial charge in [0, 0.05) is 37.6 Å². The molecule has 106 valence electrons. The first-order valence-electron chi connectivity index (χ1n) is 6.69. The third-order valence-electron chi connectivity index (χ3n) is 3.12. The van der Waals surface area contributed by atoms with E-state index in [1.165, 1.54) is 0 Å². The maximum Gasteiger partial charge on any atom is 0.225 e. The van der Waals surface area contributed by atoms with Crippen molar-refractivity contribution in [2.75, 3.05) is 24.5 Å². The van der Waals surface area contributed by atoms with E-state index in [0.717, 1.165) is 18.7 Å². The molecule has 1 aromatic rings. The molecule has 1 aliphatic heterocycles. The minimum Gasteiger partial charge on any atom is -0.388 e. The Morgan fingerprint density at radius 1 is 1.26 bits per heavy atom. The number of nitrogens with one attached hydrogen (secondary N) is 1. The maximum atomic E-state index is 9.49. The van der Waals surface area contributed by atoms with Gasteiger partial charge in [-0.3, -0.25) is 0 Å². The second-order valence-corrected chi connectivity index (χ2v) is 5.46. The van der Waals surface area contributed by atoms with E-state index in [1.807, 2.05) is 0 Å². The Morgan fingerprint density at radius 3 is 2.37 bits per heavy atom. The molecule has 1 aromatic heterocycles. The van der Waals surface area contributed by atoms with Crippen molar-refractivity contribution in [3.8, 4) is 0 Å². The van der Waals surface area contributed by atoms with Crippen molar-refractivity contribution in [3.05, 3.63) is 18.0 Å². The topological polar surface area (TPSA) is 81.5 Å². The Balaban J connectivity index is 1.88. The van der Waals surface area contributed by atoms with Gasteiger partial charge in [0.05, 0.1) is 12.2 Å². The zero-order valence-electron chi connectivity index (χ0n) is 11.5. The van der Waals surface area contributed by atoms with Gasteiger partial charge in [0.15, 0.2) is 0 Å². The molecule has 6 heteroatoms. The summed E-state index contributed by atoms with van der Waals surface area (Å²) in [6, 6.07) is 0. The van der Waals surface area contributed by atoms with Gasteiger partial charge in [-0.25, -0.2) is 9.97 Å². The molecule has 0 spiro atoms. The SMILES string of the molecule is CC(C)CNCc1cnc(N2CC(O)C(O)C2)nc1. The lowest BCUT2D eigenvalue weighted by Crippen LogP contribution is -2.24. The summed E-state index contributed by atoms with van der Waals surface area (Å²) in [6.07, 6.45) is 2.14. The van der Waals surface area contributed by atoms with Crippen LogP contribution < -0.4 is 10.2 Å². The van der Waals surface area contributed by atoms with E-state index in [1.54, 1.807) is 17.3 Å². The van der Waals surface area contributed by atoms with Crippen molar-refractivity contribution >= 4 is 5.95 Å². The molecule has 0 bridgehead atoms. The van der Waals surface area contributed by atoms with Crippen LogP contribution in [0.15, 0.2) is 12.4 Å². The molecule has 0 aromatic carbocycles. The first-order chi connectivity index (χ1) is 9.06. The van der Waals surface area contributed by atoms with Crippen LogP contribution in [-0.4, -0.2) is 52.0 Å². The van der Waals surface area contributed by atoms with E-state index in [9.17, 15) is 10.2 Å². The minimum atomic E-state index is -0.712. The summed E-state index contributed by atoms with van der Waals surface area (Å²) in [6.45, 7) is 6.81. The van der Waals surface area contributed by atoms with Crippen LogP contribution in [0, 0.1) is 5.92 Å². The average Bonchev–Trinajstić information content (AvgIpc) is 2.70. The van der Waals surface area contributed by atoms with Crippen molar-refractivity contribution in [2.24, 2.45) is 5.92 Å². The highest BCUT2D eigenvalue weighted by molar-refractivity contribution is 5.33. The van der Waals surface area contributed by atoms with Crippen LogP contribution in [0.4, 0.5) is 5.95 Å². The number of β-amino-alcohol motifs (C(OH)–C–C–N with tert-alkyl or cyclic N) is 2. The quantitative estimate of drug-likeness (QED) is 0.683. The summed E-state index contributed by atoms with van der Waals surface area (Å²) in [5, 5.41) is 22.3. The van der Waals surface area contributed by atoms with Gasteiger partial charge < -0.3 is 20.4 Å². The van der Waals surface area contributed by atoms with E-state index in [-0.39, 0.29) is 0 Å². The Bertz CT molecular complexity index is 386. The van der Waals surface area contributed by atoms with Crippen molar-refractivity contribution < 1.29 is 10.2 Å². The first-order valence-corrected chi connectivity index (χ1v) is 6.69. The lowest BCUT2D eigenvalue weighted by Gasteiger charge is -2.15. The predicted molar refractivity (Wildman–Crippen MR) is 72.8 cm³/mol. The van der Waals surface area contributed by atoms with E-state index < -0.39 is 12.2 Å². The molecule has 2 atom stereocenters. The maximum absolute atomic E-state index is 9.49. The first kappa shape index (κ1) is 14.2.